The highest BCUT2D eigenvalue weighted by Gasteiger charge is 2.45. The van der Waals surface area contributed by atoms with Crippen LogP contribution in [0.25, 0.3) is 11.2 Å². The first-order chi connectivity index (χ1) is 30.2. The van der Waals surface area contributed by atoms with Crippen LogP contribution in [-0.2, 0) is 24.1 Å². The summed E-state index contributed by atoms with van der Waals surface area (Å²) < 4.78 is 42.8. The number of nitrogens with one attached hydrogen (secondary N) is 1. The number of aromatic nitrogens is 4. The molecule has 1 unspecified atom stereocenters. The van der Waals surface area contributed by atoms with Crippen molar-refractivity contribution in [2.45, 2.75) is 76.7 Å². The fraction of sp³-hybridized carbons (Fsp3) is 0.340. The number of rotatable bonds is 19. The maximum absolute atomic E-state index is 13.2. The van der Waals surface area contributed by atoms with Gasteiger partial charge < -0.3 is 33.3 Å². The molecule has 14 nitrogen and oxygen atoms in total. The van der Waals surface area contributed by atoms with Crippen molar-refractivity contribution < 1.29 is 32.8 Å². The molecule has 322 valence electrons. The molecule has 0 aliphatic carbocycles. The van der Waals surface area contributed by atoms with Crippen molar-refractivity contribution in [3.63, 3.8) is 0 Å². The van der Waals surface area contributed by atoms with Crippen LogP contribution in [0.2, 0.25) is 0 Å². The first-order valence-corrected chi connectivity index (χ1v) is 21.7. The SMILES string of the molecule is COc1ccc(C(OC[C@H]2C[C@H](OP(OCCC#N)N(C(C)C)C(C)C)[C@@H](n3cnc4c(NC(=O)c5ccccc5)ncnc43)O2)(c2ccccc2)c2ccc(OC)cc2)cc1. The standard InChI is InChI=1S/C47H52N7O7P/c1-32(2)54(33(3)4)62(59-27-13-26-48)61-41-28-40(60-46(41)53-31-51-42-43(49-30-50-44(42)53)52-45(55)34-14-9-7-10-15-34)29-58-47(35-16-11-8-12-17-35,36-18-22-38(56-5)23-19-36)37-20-24-39(57-6)25-21-37/h7-12,14-25,30-33,40-41,46H,13,27-29H2,1-6H3,(H,49,50,52,55)/t40-,41+,46+,62?/m1/s1. The average Bonchev–Trinajstić information content (AvgIpc) is 3.91. The Morgan fingerprint density at radius 3 is 2.05 bits per heavy atom. The molecule has 1 aliphatic heterocycles. The van der Waals surface area contributed by atoms with Crippen molar-refractivity contribution in [1.29, 1.82) is 5.26 Å². The van der Waals surface area contributed by atoms with Crippen LogP contribution in [0.4, 0.5) is 5.82 Å². The van der Waals surface area contributed by atoms with Gasteiger partial charge in [0.05, 0.1) is 52.4 Å². The van der Waals surface area contributed by atoms with Gasteiger partial charge in [0.1, 0.15) is 29.5 Å². The largest absolute Gasteiger partial charge is 0.497 e. The molecular weight excluding hydrogens is 806 g/mol. The number of carbonyl (C=O) groups excluding carboxylic acids is 1. The molecule has 1 N–H and O–H groups in total. The number of benzene rings is 4. The number of hydrogen-bond acceptors (Lipinski definition) is 12. The van der Waals surface area contributed by atoms with Gasteiger partial charge in [-0.05, 0) is 80.8 Å². The van der Waals surface area contributed by atoms with E-state index in [1.807, 2.05) is 77.4 Å². The molecule has 4 atom stereocenters. The van der Waals surface area contributed by atoms with Gasteiger partial charge in [0, 0.05) is 24.1 Å². The Morgan fingerprint density at radius 1 is 0.871 bits per heavy atom. The van der Waals surface area contributed by atoms with Gasteiger partial charge in [0.2, 0.25) is 0 Å². The van der Waals surface area contributed by atoms with E-state index in [1.165, 1.54) is 6.33 Å². The number of carbonyl (C=O) groups is 1. The van der Waals surface area contributed by atoms with E-state index < -0.39 is 32.6 Å². The molecule has 0 radical (unpaired) electrons. The molecule has 6 aromatic rings. The number of hydrogen-bond donors (Lipinski definition) is 1. The van der Waals surface area contributed by atoms with E-state index in [0.29, 0.717) is 23.1 Å². The highest BCUT2D eigenvalue weighted by Crippen LogP contribution is 2.51. The predicted molar refractivity (Wildman–Crippen MR) is 237 cm³/mol. The minimum Gasteiger partial charge on any atom is -0.497 e. The van der Waals surface area contributed by atoms with Crippen LogP contribution < -0.4 is 14.8 Å². The highest BCUT2D eigenvalue weighted by molar-refractivity contribution is 7.44. The smallest absolute Gasteiger partial charge is 0.259 e. The second-order valence-electron chi connectivity index (χ2n) is 15.3. The number of ether oxygens (including phenoxy) is 4. The van der Waals surface area contributed by atoms with Crippen LogP contribution in [-0.4, -0.2) is 81.8 Å². The lowest BCUT2D eigenvalue weighted by atomic mass is 9.80. The summed E-state index contributed by atoms with van der Waals surface area (Å²) in [5.74, 6) is 1.38. The van der Waals surface area contributed by atoms with Crippen LogP contribution in [0.15, 0.2) is 122 Å². The van der Waals surface area contributed by atoms with Crippen molar-refractivity contribution in [1.82, 2.24) is 24.2 Å². The van der Waals surface area contributed by atoms with Crippen molar-refractivity contribution in [2.75, 3.05) is 32.8 Å². The molecule has 0 bridgehead atoms. The van der Waals surface area contributed by atoms with Gasteiger partial charge in [-0.1, -0.05) is 72.8 Å². The zero-order valence-electron chi connectivity index (χ0n) is 35.8. The Balaban J connectivity index is 1.27. The average molecular weight is 858 g/mol. The normalized spacial score (nSPS) is 17.1. The number of nitrogens with zero attached hydrogens (tertiary/aromatic N) is 6. The number of amides is 1. The molecule has 4 aromatic carbocycles. The fourth-order valence-electron chi connectivity index (χ4n) is 7.76. The summed E-state index contributed by atoms with van der Waals surface area (Å²) in [7, 11) is 1.62. The molecular formula is C47H52N7O7P. The molecule has 1 aliphatic rings. The number of anilines is 1. The molecule has 1 saturated heterocycles. The summed E-state index contributed by atoms with van der Waals surface area (Å²) in [6.45, 7) is 8.74. The van der Waals surface area contributed by atoms with E-state index in [-0.39, 0.29) is 43.4 Å². The summed E-state index contributed by atoms with van der Waals surface area (Å²) in [6, 6.07) is 37.1. The van der Waals surface area contributed by atoms with Crippen LogP contribution in [0, 0.1) is 11.3 Å². The lowest BCUT2D eigenvalue weighted by Gasteiger charge is -2.37. The molecule has 0 spiro atoms. The Kier molecular flexibility index (Phi) is 14.6. The van der Waals surface area contributed by atoms with Crippen molar-refractivity contribution >= 4 is 31.4 Å². The van der Waals surface area contributed by atoms with Gasteiger partial charge in [0.15, 0.2) is 23.2 Å². The number of nitriles is 1. The summed E-state index contributed by atoms with van der Waals surface area (Å²) >= 11 is 0. The monoisotopic (exact) mass is 857 g/mol. The number of fused-ring (bicyclic) bond motifs is 1. The summed E-state index contributed by atoms with van der Waals surface area (Å²) in [6.07, 6.45) is 1.82. The van der Waals surface area contributed by atoms with E-state index in [2.05, 4.69) is 65.9 Å². The summed E-state index contributed by atoms with van der Waals surface area (Å²) in [4.78, 5) is 26.9. The third-order valence-corrected chi connectivity index (χ3v) is 12.7. The molecule has 1 amide bonds. The zero-order chi connectivity index (χ0) is 43.6. The molecule has 15 heteroatoms. The Labute approximate surface area is 363 Å². The number of imidazole rings is 1. The maximum atomic E-state index is 13.2. The van der Waals surface area contributed by atoms with E-state index in [1.54, 1.807) is 44.8 Å². The maximum Gasteiger partial charge on any atom is 0.259 e. The minimum atomic E-state index is -1.67. The van der Waals surface area contributed by atoms with E-state index >= 15 is 0 Å². The van der Waals surface area contributed by atoms with Gasteiger partial charge >= 0.3 is 0 Å². The van der Waals surface area contributed by atoms with Crippen molar-refractivity contribution in [3.05, 3.63) is 144 Å². The van der Waals surface area contributed by atoms with Crippen LogP contribution in [0.5, 0.6) is 11.5 Å². The Morgan fingerprint density at radius 2 is 1.47 bits per heavy atom. The topological polar surface area (TPSA) is 155 Å². The molecule has 1 fully saturated rings. The molecule has 0 saturated carbocycles. The minimum absolute atomic E-state index is 0.0705. The van der Waals surface area contributed by atoms with Crippen LogP contribution >= 0.6 is 8.53 Å². The van der Waals surface area contributed by atoms with Gasteiger partial charge in [0.25, 0.3) is 14.4 Å². The van der Waals surface area contributed by atoms with Gasteiger partial charge in [-0.15, -0.1) is 0 Å². The molecule has 7 rings (SSSR count). The van der Waals surface area contributed by atoms with E-state index in [4.69, 9.17) is 33.0 Å². The van der Waals surface area contributed by atoms with Gasteiger partial charge in [-0.3, -0.25) is 9.36 Å². The first-order valence-electron chi connectivity index (χ1n) is 20.6. The Hall–Kier alpha value is -5.78. The number of methoxy groups -OCH3 is 2. The molecule has 3 heterocycles. The lowest BCUT2D eigenvalue weighted by Crippen LogP contribution is -2.36. The first kappa shape index (κ1) is 44.3. The quantitative estimate of drug-likeness (QED) is 0.0469. The third kappa shape index (κ3) is 9.64. The van der Waals surface area contributed by atoms with Gasteiger partial charge in [-0.25, -0.2) is 19.6 Å². The van der Waals surface area contributed by atoms with Crippen LogP contribution in [0.1, 0.15) is 73.8 Å². The summed E-state index contributed by atoms with van der Waals surface area (Å²) in [5, 5.41) is 12.3. The second-order valence-corrected chi connectivity index (χ2v) is 16.7. The predicted octanol–water partition coefficient (Wildman–Crippen LogP) is 9.05. The Bertz CT molecular complexity index is 2360. The molecule has 2 aromatic heterocycles. The zero-order valence-corrected chi connectivity index (χ0v) is 36.6. The highest BCUT2D eigenvalue weighted by atomic mass is 31.2. The van der Waals surface area contributed by atoms with Crippen molar-refractivity contribution in [3.8, 4) is 17.6 Å². The van der Waals surface area contributed by atoms with Crippen LogP contribution in [0.3, 0.4) is 0 Å². The van der Waals surface area contributed by atoms with E-state index in [0.717, 1.165) is 28.2 Å². The van der Waals surface area contributed by atoms with Crippen molar-refractivity contribution in [2.24, 2.45) is 0 Å². The third-order valence-electron chi connectivity index (χ3n) is 10.6. The second kappa shape index (κ2) is 20.4. The fourth-order valence-corrected chi connectivity index (χ4v) is 9.49. The molecule has 62 heavy (non-hydrogen) atoms. The lowest BCUT2D eigenvalue weighted by molar-refractivity contribution is -0.0839. The van der Waals surface area contributed by atoms with E-state index in [9.17, 15) is 10.1 Å². The summed E-state index contributed by atoms with van der Waals surface area (Å²) in [5.41, 5.74) is 2.92. The van der Waals surface area contributed by atoms with Gasteiger partial charge in [-0.2, -0.15) is 5.26 Å².